The molecule has 0 bridgehead atoms. The van der Waals surface area contributed by atoms with Gasteiger partial charge in [-0.2, -0.15) is 10.4 Å². The van der Waals surface area contributed by atoms with Crippen LogP contribution in [0.4, 0.5) is 4.79 Å². The van der Waals surface area contributed by atoms with Gasteiger partial charge in [0.1, 0.15) is 17.2 Å². The van der Waals surface area contributed by atoms with Crippen molar-refractivity contribution < 1.29 is 19.4 Å². The molecule has 0 spiro atoms. The molecule has 38 heavy (non-hydrogen) atoms. The third-order valence-electron chi connectivity index (χ3n) is 7.05. The fourth-order valence-electron chi connectivity index (χ4n) is 5.37. The van der Waals surface area contributed by atoms with Gasteiger partial charge in [0.2, 0.25) is 11.8 Å². The molecule has 1 saturated carbocycles. The summed E-state index contributed by atoms with van der Waals surface area (Å²) in [5, 5.41) is 30.4. The zero-order valence-corrected chi connectivity index (χ0v) is 22.7. The second-order valence-corrected chi connectivity index (χ2v) is 11.3. The van der Waals surface area contributed by atoms with Crippen molar-refractivity contribution in [2.45, 2.75) is 78.0 Å². The van der Waals surface area contributed by atoms with Crippen LogP contribution in [0.1, 0.15) is 75.4 Å². The molecule has 2 aliphatic rings. The number of hydrogen-bond acceptors (Lipinski definition) is 7. The Kier molecular flexibility index (Phi) is 7.18. The zero-order valence-electron chi connectivity index (χ0n) is 22.7. The fourth-order valence-corrected chi connectivity index (χ4v) is 5.37. The van der Waals surface area contributed by atoms with Gasteiger partial charge in [-0.25, -0.2) is 9.89 Å². The Labute approximate surface area is 223 Å². The number of allylic oxidation sites excluding steroid dienone is 1. The molecule has 0 saturated heterocycles. The van der Waals surface area contributed by atoms with Crippen molar-refractivity contribution in [3.05, 3.63) is 57.6 Å². The van der Waals surface area contributed by atoms with Gasteiger partial charge >= 0.3 is 6.09 Å². The first-order chi connectivity index (χ1) is 17.9. The second kappa shape index (κ2) is 10.1. The Hall–Kier alpha value is -3.95. The summed E-state index contributed by atoms with van der Waals surface area (Å²) in [5.41, 5.74) is 8.71. The van der Waals surface area contributed by atoms with E-state index in [4.69, 9.17) is 15.2 Å². The van der Waals surface area contributed by atoms with Crippen molar-refractivity contribution >= 4 is 6.09 Å². The van der Waals surface area contributed by atoms with E-state index in [1.807, 2.05) is 59.7 Å². The van der Waals surface area contributed by atoms with Gasteiger partial charge in [-0.05, 0) is 69.7 Å². The molecule has 5 N–H and O–H groups in total. The number of aryl methyl sites for hydroxylation is 1. The van der Waals surface area contributed by atoms with E-state index in [1.165, 1.54) is 0 Å². The normalized spacial score (nSPS) is 22.4. The predicted molar refractivity (Wildman–Crippen MR) is 142 cm³/mol. The predicted octanol–water partition coefficient (Wildman–Crippen LogP) is 3.89. The number of aliphatic hydroxyl groups excluding tert-OH is 1. The number of nitrogens with two attached hydrogens (primary N) is 1. The number of rotatable bonds is 4. The highest BCUT2D eigenvalue weighted by Crippen LogP contribution is 2.52. The summed E-state index contributed by atoms with van der Waals surface area (Å²) < 4.78 is 11.1. The molecule has 2 aromatic rings. The molecule has 1 amide bonds. The fraction of sp³-hybridized carbons (Fsp3) is 0.483. The zero-order chi connectivity index (χ0) is 27.8. The van der Waals surface area contributed by atoms with Gasteiger partial charge in [-0.15, -0.1) is 0 Å². The third-order valence-corrected chi connectivity index (χ3v) is 7.05. The molecule has 9 nitrogen and oxygen atoms in total. The first-order valence-electron chi connectivity index (χ1n) is 12.8. The lowest BCUT2D eigenvalue weighted by Gasteiger charge is -2.41. The number of aliphatic hydroxyl groups is 1. The van der Waals surface area contributed by atoms with Crippen molar-refractivity contribution in [3.8, 4) is 23.8 Å². The average molecular weight is 518 g/mol. The lowest BCUT2D eigenvalue weighted by atomic mass is 9.61. The number of benzene rings is 1. The number of alkyl carbamates (subject to hydrolysis) is 1. The third kappa shape index (κ3) is 4.94. The molecule has 0 radical (unpaired) electrons. The van der Waals surface area contributed by atoms with Gasteiger partial charge in [0.25, 0.3) is 0 Å². The highest BCUT2D eigenvalue weighted by atomic mass is 16.6. The van der Waals surface area contributed by atoms with E-state index >= 15 is 0 Å². The summed E-state index contributed by atoms with van der Waals surface area (Å²) in [6, 6.07) is 8.01. The Bertz CT molecular complexity index is 1380. The Balaban J connectivity index is 1.67. The van der Waals surface area contributed by atoms with E-state index in [1.54, 1.807) is 0 Å². The van der Waals surface area contributed by atoms with E-state index in [9.17, 15) is 15.2 Å². The SMILES string of the molecule is Cc1n[nH]c2c1[C@@](c1cc(C#C[C@H]3C[C@@H](NC(=O)OC(C)(C)C)C3)cc(CO)c1)(C(C)C)C(C#N)=C(N)O2. The Morgan fingerprint density at radius 1 is 1.37 bits per heavy atom. The van der Waals surface area contributed by atoms with Gasteiger partial charge in [0.15, 0.2) is 0 Å². The quantitative estimate of drug-likeness (QED) is 0.450. The Morgan fingerprint density at radius 3 is 2.68 bits per heavy atom. The summed E-state index contributed by atoms with van der Waals surface area (Å²) in [5.74, 6) is 7.02. The van der Waals surface area contributed by atoms with Gasteiger partial charge in [-0.3, -0.25) is 0 Å². The summed E-state index contributed by atoms with van der Waals surface area (Å²) >= 11 is 0. The average Bonchev–Trinajstić information content (AvgIpc) is 3.17. The number of H-pyrrole nitrogens is 1. The van der Waals surface area contributed by atoms with Crippen molar-refractivity contribution in [3.63, 3.8) is 0 Å². The molecule has 1 fully saturated rings. The number of carbonyl (C=O) groups excluding carboxylic acids is 1. The molecule has 1 aromatic carbocycles. The number of ether oxygens (including phenoxy) is 2. The smallest absolute Gasteiger partial charge is 0.407 e. The van der Waals surface area contributed by atoms with E-state index < -0.39 is 17.1 Å². The largest absolute Gasteiger partial charge is 0.444 e. The van der Waals surface area contributed by atoms with Crippen LogP contribution in [0, 0.1) is 41.9 Å². The molecule has 1 aromatic heterocycles. The van der Waals surface area contributed by atoms with Crippen molar-refractivity contribution in [1.29, 1.82) is 5.26 Å². The van der Waals surface area contributed by atoms with Crippen LogP contribution >= 0.6 is 0 Å². The first kappa shape index (κ1) is 27.1. The number of nitriles is 1. The molecular formula is C29H35N5O4. The van der Waals surface area contributed by atoms with Crippen LogP contribution in [0.3, 0.4) is 0 Å². The number of nitrogens with one attached hydrogen (secondary N) is 2. The van der Waals surface area contributed by atoms with Crippen molar-refractivity contribution in [2.75, 3.05) is 0 Å². The standard InChI is InChI=1S/C29H35N5O4/c1-16(2)29(23(14-30)25(31)37-26-24(29)17(3)33-34-26)21-10-18(9-20(11-21)15-35)7-8-19-12-22(13-19)32-27(36)38-28(4,5)6/h9-11,16,19,22,35H,12-13,15,31H2,1-6H3,(H,32,36)(H,33,34)/t19-,22+,29-/m1/s1. The second-order valence-electron chi connectivity index (χ2n) is 11.3. The maximum atomic E-state index is 12.0. The molecule has 4 rings (SSSR count). The van der Waals surface area contributed by atoms with E-state index in [2.05, 4.69) is 33.4 Å². The van der Waals surface area contributed by atoms with Crippen LogP contribution in [0.2, 0.25) is 0 Å². The summed E-state index contributed by atoms with van der Waals surface area (Å²) in [4.78, 5) is 12.0. The van der Waals surface area contributed by atoms with Crippen LogP contribution in [-0.4, -0.2) is 33.0 Å². The van der Waals surface area contributed by atoms with Crippen molar-refractivity contribution in [2.24, 2.45) is 17.6 Å². The molecule has 1 aliphatic heterocycles. The van der Waals surface area contributed by atoms with E-state index in [0.29, 0.717) is 22.7 Å². The molecule has 1 atom stereocenters. The number of nitrogens with zero attached hydrogens (tertiary/aromatic N) is 2. The number of fused-ring (bicyclic) bond motifs is 1. The van der Waals surface area contributed by atoms with Crippen LogP contribution in [0.25, 0.3) is 0 Å². The van der Waals surface area contributed by atoms with E-state index in [-0.39, 0.29) is 30.4 Å². The van der Waals surface area contributed by atoms with Gasteiger partial charge in [-0.1, -0.05) is 31.8 Å². The van der Waals surface area contributed by atoms with Crippen LogP contribution in [0.15, 0.2) is 29.7 Å². The first-order valence-corrected chi connectivity index (χ1v) is 12.8. The number of amides is 1. The minimum atomic E-state index is -0.940. The summed E-state index contributed by atoms with van der Waals surface area (Å²) in [7, 11) is 0. The van der Waals surface area contributed by atoms with Gasteiger partial charge in [0.05, 0.1) is 23.3 Å². The Morgan fingerprint density at radius 2 is 2.08 bits per heavy atom. The molecule has 1 aliphatic carbocycles. The highest BCUT2D eigenvalue weighted by molar-refractivity contribution is 5.68. The molecule has 9 heteroatoms. The van der Waals surface area contributed by atoms with Crippen LogP contribution < -0.4 is 15.8 Å². The topological polar surface area (TPSA) is 146 Å². The minimum Gasteiger partial charge on any atom is -0.444 e. The lowest BCUT2D eigenvalue weighted by molar-refractivity contribution is 0.0467. The van der Waals surface area contributed by atoms with Gasteiger partial charge in [0, 0.05) is 17.5 Å². The van der Waals surface area contributed by atoms with Gasteiger partial charge < -0.3 is 25.6 Å². The lowest BCUT2D eigenvalue weighted by Crippen LogP contribution is -2.45. The number of carbonyl (C=O) groups is 1. The molecule has 0 unspecified atom stereocenters. The van der Waals surface area contributed by atoms with Crippen LogP contribution in [0.5, 0.6) is 5.88 Å². The summed E-state index contributed by atoms with van der Waals surface area (Å²) in [6.07, 6.45) is 1.06. The molecule has 2 heterocycles. The summed E-state index contributed by atoms with van der Waals surface area (Å²) in [6.45, 7) is 11.2. The number of aromatic nitrogens is 2. The highest BCUT2D eigenvalue weighted by Gasteiger charge is 2.50. The molecule has 200 valence electrons. The maximum absolute atomic E-state index is 12.0. The maximum Gasteiger partial charge on any atom is 0.407 e. The van der Waals surface area contributed by atoms with Crippen LogP contribution in [-0.2, 0) is 16.8 Å². The molecular weight excluding hydrogens is 482 g/mol. The van der Waals surface area contributed by atoms with Crippen molar-refractivity contribution in [1.82, 2.24) is 15.5 Å². The number of aromatic amines is 1. The number of hydrogen-bond donors (Lipinski definition) is 4. The minimum absolute atomic E-state index is 0.0254. The van der Waals surface area contributed by atoms with E-state index in [0.717, 1.165) is 29.5 Å². The monoisotopic (exact) mass is 517 g/mol.